The van der Waals surface area contributed by atoms with E-state index in [1.165, 1.54) is 0 Å². The second-order valence-electron chi connectivity index (χ2n) is 3.03. The highest BCUT2D eigenvalue weighted by molar-refractivity contribution is 5.78. The van der Waals surface area contributed by atoms with E-state index in [2.05, 4.69) is 5.32 Å². The van der Waals surface area contributed by atoms with E-state index in [1.54, 1.807) is 0 Å². The van der Waals surface area contributed by atoms with Gasteiger partial charge in [-0.15, -0.1) is 0 Å². The summed E-state index contributed by atoms with van der Waals surface area (Å²) in [5, 5.41) is 11.3. The molecule has 0 saturated carbocycles. The number of carbonyl (C=O) groups is 1. The third kappa shape index (κ3) is 5.13. The molecule has 12 heavy (non-hydrogen) atoms. The maximum atomic E-state index is 11.2. The Bertz CT molecular complexity index is 126. The van der Waals surface area contributed by atoms with Gasteiger partial charge in [0.2, 0.25) is 5.91 Å². The predicted molar refractivity (Wildman–Crippen MR) is 48.8 cm³/mol. The topological polar surface area (TPSA) is 49.3 Å². The van der Waals surface area contributed by atoms with Gasteiger partial charge >= 0.3 is 0 Å². The molecule has 0 spiro atoms. The second-order valence-corrected chi connectivity index (χ2v) is 3.03. The standard InChI is InChI=1S/C9H19NO2/c1-3-8(2)9(12)10-6-4-5-7-11/h8,11H,3-7H2,1-2H3,(H,10,12). The highest BCUT2D eigenvalue weighted by Gasteiger charge is 2.08. The zero-order chi connectivity index (χ0) is 9.40. The van der Waals surface area contributed by atoms with Crippen molar-refractivity contribution in [1.82, 2.24) is 5.32 Å². The van der Waals surface area contributed by atoms with Crippen LogP contribution in [0.15, 0.2) is 0 Å². The third-order valence-electron chi connectivity index (χ3n) is 1.94. The lowest BCUT2D eigenvalue weighted by Crippen LogP contribution is -2.29. The fourth-order valence-electron chi connectivity index (χ4n) is 0.808. The first-order chi connectivity index (χ1) is 5.72. The first-order valence-corrected chi connectivity index (χ1v) is 4.61. The summed E-state index contributed by atoms with van der Waals surface area (Å²) in [5.41, 5.74) is 0. The zero-order valence-corrected chi connectivity index (χ0v) is 7.97. The van der Waals surface area contributed by atoms with Crippen LogP contribution in [0.5, 0.6) is 0 Å². The summed E-state index contributed by atoms with van der Waals surface area (Å²) >= 11 is 0. The predicted octanol–water partition coefficient (Wildman–Crippen LogP) is 0.921. The minimum atomic E-state index is 0.110. The van der Waals surface area contributed by atoms with Crippen molar-refractivity contribution in [3.05, 3.63) is 0 Å². The molecule has 0 rings (SSSR count). The van der Waals surface area contributed by atoms with E-state index in [0.717, 1.165) is 19.3 Å². The van der Waals surface area contributed by atoms with Crippen molar-refractivity contribution in [2.45, 2.75) is 33.1 Å². The van der Waals surface area contributed by atoms with Crippen LogP contribution >= 0.6 is 0 Å². The molecule has 3 nitrogen and oxygen atoms in total. The number of hydrogen-bond donors (Lipinski definition) is 2. The third-order valence-corrected chi connectivity index (χ3v) is 1.94. The summed E-state index contributed by atoms with van der Waals surface area (Å²) in [4.78, 5) is 11.2. The fourth-order valence-corrected chi connectivity index (χ4v) is 0.808. The largest absolute Gasteiger partial charge is 0.396 e. The lowest BCUT2D eigenvalue weighted by molar-refractivity contribution is -0.124. The molecule has 1 amide bonds. The highest BCUT2D eigenvalue weighted by Crippen LogP contribution is 1.99. The number of aliphatic hydroxyl groups excluding tert-OH is 1. The Balaban J connectivity index is 3.31. The molecule has 0 heterocycles. The maximum Gasteiger partial charge on any atom is 0.222 e. The molecule has 0 aliphatic carbocycles. The van der Waals surface area contributed by atoms with Gasteiger partial charge in [-0.2, -0.15) is 0 Å². The lowest BCUT2D eigenvalue weighted by atomic mass is 10.1. The summed E-state index contributed by atoms with van der Waals surface area (Å²) in [5.74, 6) is 0.231. The van der Waals surface area contributed by atoms with E-state index in [9.17, 15) is 4.79 Å². The monoisotopic (exact) mass is 173 g/mol. The zero-order valence-electron chi connectivity index (χ0n) is 7.97. The molecule has 0 aliphatic heterocycles. The molecule has 0 bridgehead atoms. The van der Waals surface area contributed by atoms with Crippen LogP contribution in [0.25, 0.3) is 0 Å². The Morgan fingerprint density at radius 3 is 2.67 bits per heavy atom. The van der Waals surface area contributed by atoms with Crippen molar-refractivity contribution in [2.24, 2.45) is 5.92 Å². The molecule has 2 N–H and O–H groups in total. The van der Waals surface area contributed by atoms with E-state index in [-0.39, 0.29) is 18.4 Å². The van der Waals surface area contributed by atoms with Crippen molar-refractivity contribution in [3.8, 4) is 0 Å². The molecule has 72 valence electrons. The van der Waals surface area contributed by atoms with E-state index in [1.807, 2.05) is 13.8 Å². The van der Waals surface area contributed by atoms with E-state index < -0.39 is 0 Å². The number of hydrogen-bond acceptors (Lipinski definition) is 2. The van der Waals surface area contributed by atoms with Crippen LogP contribution in [0.1, 0.15) is 33.1 Å². The molecule has 1 unspecified atom stereocenters. The lowest BCUT2D eigenvalue weighted by Gasteiger charge is -2.08. The van der Waals surface area contributed by atoms with Crippen LogP contribution in [-0.2, 0) is 4.79 Å². The van der Waals surface area contributed by atoms with Gasteiger partial charge in [-0.3, -0.25) is 4.79 Å². The van der Waals surface area contributed by atoms with Crippen LogP contribution < -0.4 is 5.32 Å². The Labute approximate surface area is 74.2 Å². The van der Waals surface area contributed by atoms with Gasteiger partial charge in [-0.05, 0) is 19.3 Å². The van der Waals surface area contributed by atoms with Crippen molar-refractivity contribution in [1.29, 1.82) is 0 Å². The van der Waals surface area contributed by atoms with Crippen LogP contribution in [0.2, 0.25) is 0 Å². The quantitative estimate of drug-likeness (QED) is 0.587. The summed E-state index contributed by atoms with van der Waals surface area (Å²) in [7, 11) is 0. The van der Waals surface area contributed by atoms with Gasteiger partial charge in [0.15, 0.2) is 0 Å². The van der Waals surface area contributed by atoms with E-state index >= 15 is 0 Å². The van der Waals surface area contributed by atoms with Crippen molar-refractivity contribution >= 4 is 5.91 Å². The van der Waals surface area contributed by atoms with Gasteiger partial charge in [-0.1, -0.05) is 13.8 Å². The number of aliphatic hydroxyl groups is 1. The molecule has 3 heteroatoms. The second kappa shape index (κ2) is 7.10. The number of unbranched alkanes of at least 4 members (excludes halogenated alkanes) is 1. The molecular weight excluding hydrogens is 154 g/mol. The Kier molecular flexibility index (Phi) is 6.76. The fraction of sp³-hybridized carbons (Fsp3) is 0.889. The van der Waals surface area contributed by atoms with Crippen molar-refractivity contribution in [3.63, 3.8) is 0 Å². The minimum Gasteiger partial charge on any atom is -0.396 e. The number of amides is 1. The van der Waals surface area contributed by atoms with E-state index in [4.69, 9.17) is 5.11 Å². The van der Waals surface area contributed by atoms with Crippen molar-refractivity contribution < 1.29 is 9.90 Å². The van der Waals surface area contributed by atoms with Gasteiger partial charge in [0.05, 0.1) is 0 Å². The Morgan fingerprint density at radius 1 is 1.50 bits per heavy atom. The maximum absolute atomic E-state index is 11.2. The van der Waals surface area contributed by atoms with Crippen molar-refractivity contribution in [2.75, 3.05) is 13.2 Å². The van der Waals surface area contributed by atoms with Gasteiger partial charge in [-0.25, -0.2) is 0 Å². The van der Waals surface area contributed by atoms with Gasteiger partial charge in [0.1, 0.15) is 0 Å². The van der Waals surface area contributed by atoms with Crippen LogP contribution in [-0.4, -0.2) is 24.2 Å². The van der Waals surface area contributed by atoms with Crippen LogP contribution in [0.4, 0.5) is 0 Å². The molecule has 0 aromatic rings. The van der Waals surface area contributed by atoms with Gasteiger partial charge in [0.25, 0.3) is 0 Å². The Hall–Kier alpha value is -0.570. The average Bonchev–Trinajstić information content (AvgIpc) is 2.10. The van der Waals surface area contributed by atoms with Gasteiger partial charge < -0.3 is 10.4 Å². The van der Waals surface area contributed by atoms with E-state index in [0.29, 0.717) is 6.54 Å². The van der Waals surface area contributed by atoms with Crippen LogP contribution in [0.3, 0.4) is 0 Å². The summed E-state index contributed by atoms with van der Waals surface area (Å²) in [6, 6.07) is 0. The molecule has 0 aromatic heterocycles. The number of carbonyl (C=O) groups excluding carboxylic acids is 1. The first kappa shape index (κ1) is 11.4. The smallest absolute Gasteiger partial charge is 0.222 e. The average molecular weight is 173 g/mol. The number of rotatable bonds is 6. The molecule has 0 aliphatic rings. The summed E-state index contributed by atoms with van der Waals surface area (Å²) < 4.78 is 0. The first-order valence-electron chi connectivity index (χ1n) is 4.61. The SMILES string of the molecule is CCC(C)C(=O)NCCCCO. The summed E-state index contributed by atoms with van der Waals surface area (Å²) in [6.07, 6.45) is 2.51. The van der Waals surface area contributed by atoms with Gasteiger partial charge in [0, 0.05) is 19.1 Å². The molecule has 0 saturated heterocycles. The molecule has 0 radical (unpaired) electrons. The summed E-state index contributed by atoms with van der Waals surface area (Å²) in [6.45, 7) is 4.81. The normalized spacial score (nSPS) is 12.6. The molecule has 0 fully saturated rings. The minimum absolute atomic E-state index is 0.110. The van der Waals surface area contributed by atoms with Crippen LogP contribution in [0, 0.1) is 5.92 Å². The molecular formula is C9H19NO2. The molecule has 0 aromatic carbocycles. The highest BCUT2D eigenvalue weighted by atomic mass is 16.2. The Morgan fingerprint density at radius 2 is 2.17 bits per heavy atom. The number of nitrogens with one attached hydrogen (secondary N) is 1. The molecule has 1 atom stereocenters.